The molecule has 7 heteroatoms. The number of carboxylic acid groups (broad SMARTS) is 1. The summed E-state index contributed by atoms with van der Waals surface area (Å²) in [5.41, 5.74) is 0. The summed E-state index contributed by atoms with van der Waals surface area (Å²) < 4.78 is 10.6. The lowest BCUT2D eigenvalue weighted by atomic mass is 10.2. The largest absolute Gasteiger partial charge is 0.480 e. The number of aliphatic carboxylic acids is 1. The maximum absolute atomic E-state index is 10.6. The third-order valence-corrected chi connectivity index (χ3v) is 2.91. The minimum absolute atomic E-state index is 0.281. The van der Waals surface area contributed by atoms with Crippen molar-refractivity contribution in [1.29, 1.82) is 0 Å². The van der Waals surface area contributed by atoms with E-state index in [9.17, 15) is 9.36 Å². The van der Waals surface area contributed by atoms with E-state index in [0.717, 1.165) is 0 Å². The van der Waals surface area contributed by atoms with Gasteiger partial charge in [-0.3, -0.25) is 9.36 Å². The Balaban J connectivity index is 2.42. The Kier molecular flexibility index (Phi) is 3.08. The van der Waals surface area contributed by atoms with Crippen LogP contribution in [0.3, 0.4) is 0 Å². The Morgan fingerprint density at radius 3 is 2.46 bits per heavy atom. The first kappa shape index (κ1) is 10.7. The van der Waals surface area contributed by atoms with Crippen LogP contribution in [0.4, 0.5) is 0 Å². The van der Waals surface area contributed by atoms with Crippen LogP contribution in [0.15, 0.2) is 0 Å². The van der Waals surface area contributed by atoms with Gasteiger partial charge >= 0.3 is 13.6 Å². The SMILES string of the molecule is O=C(O)[C@@H]1CCC(CP(=O)(O)O)N1. The Bertz CT molecular complexity index is 249. The van der Waals surface area contributed by atoms with Crippen molar-refractivity contribution in [3.05, 3.63) is 0 Å². The van der Waals surface area contributed by atoms with E-state index in [2.05, 4.69) is 5.32 Å². The number of carbonyl (C=O) groups is 1. The number of hydrogen-bond acceptors (Lipinski definition) is 3. The van der Waals surface area contributed by atoms with Gasteiger partial charge in [0.25, 0.3) is 0 Å². The van der Waals surface area contributed by atoms with Crippen LogP contribution in [0.1, 0.15) is 12.8 Å². The van der Waals surface area contributed by atoms with Crippen molar-refractivity contribution in [2.75, 3.05) is 6.16 Å². The fourth-order valence-electron chi connectivity index (χ4n) is 1.44. The van der Waals surface area contributed by atoms with Crippen LogP contribution in [-0.4, -0.2) is 39.1 Å². The second-order valence-corrected chi connectivity index (χ2v) is 4.87. The van der Waals surface area contributed by atoms with Gasteiger partial charge in [0.2, 0.25) is 0 Å². The summed E-state index contributed by atoms with van der Waals surface area (Å²) in [7, 11) is -4.03. The van der Waals surface area contributed by atoms with E-state index in [4.69, 9.17) is 14.9 Å². The molecule has 4 N–H and O–H groups in total. The van der Waals surface area contributed by atoms with Gasteiger partial charge < -0.3 is 20.2 Å². The topological polar surface area (TPSA) is 107 Å². The molecule has 1 rings (SSSR count). The summed E-state index contributed by atoms with van der Waals surface area (Å²) in [6.07, 6.45) is 0.652. The fraction of sp³-hybridized carbons (Fsp3) is 0.833. The molecule has 1 aliphatic heterocycles. The lowest BCUT2D eigenvalue weighted by molar-refractivity contribution is -0.139. The normalized spacial score (nSPS) is 29.1. The van der Waals surface area contributed by atoms with Crippen molar-refractivity contribution in [3.63, 3.8) is 0 Å². The van der Waals surface area contributed by atoms with Crippen LogP contribution in [0.5, 0.6) is 0 Å². The predicted octanol–water partition coefficient (Wildman–Crippen LogP) is -0.631. The zero-order valence-electron chi connectivity index (χ0n) is 6.88. The highest BCUT2D eigenvalue weighted by Crippen LogP contribution is 2.37. The third-order valence-electron chi connectivity index (χ3n) is 2.00. The minimum Gasteiger partial charge on any atom is -0.480 e. The molecule has 1 unspecified atom stereocenters. The molecule has 1 fully saturated rings. The molecule has 76 valence electrons. The van der Waals surface area contributed by atoms with Crippen molar-refractivity contribution < 1.29 is 24.3 Å². The molecular formula is C6H12NO5P. The van der Waals surface area contributed by atoms with Gasteiger partial charge in [0.1, 0.15) is 6.04 Å². The Morgan fingerprint density at radius 2 is 2.08 bits per heavy atom. The summed E-state index contributed by atoms with van der Waals surface area (Å²) in [5.74, 6) is -0.965. The van der Waals surface area contributed by atoms with Crippen LogP contribution >= 0.6 is 7.60 Å². The van der Waals surface area contributed by atoms with E-state index < -0.39 is 19.6 Å². The molecule has 1 saturated heterocycles. The first-order valence-corrected chi connectivity index (χ1v) is 5.71. The molecule has 0 aliphatic carbocycles. The highest BCUT2D eigenvalue weighted by Gasteiger charge is 2.32. The Hall–Kier alpha value is -0.420. The summed E-state index contributed by atoms with van der Waals surface area (Å²) in [6.45, 7) is 0. The van der Waals surface area contributed by atoms with E-state index in [-0.39, 0.29) is 12.2 Å². The van der Waals surface area contributed by atoms with Crippen molar-refractivity contribution >= 4 is 13.6 Å². The molecule has 13 heavy (non-hydrogen) atoms. The van der Waals surface area contributed by atoms with Crippen molar-refractivity contribution in [3.8, 4) is 0 Å². The molecule has 0 radical (unpaired) electrons. The van der Waals surface area contributed by atoms with Crippen LogP contribution in [-0.2, 0) is 9.36 Å². The van der Waals surface area contributed by atoms with Gasteiger partial charge in [-0.05, 0) is 12.8 Å². The summed E-state index contributed by atoms with van der Waals surface area (Å²) >= 11 is 0. The minimum atomic E-state index is -4.03. The van der Waals surface area contributed by atoms with Crippen molar-refractivity contribution in [2.45, 2.75) is 24.9 Å². The predicted molar refractivity (Wildman–Crippen MR) is 44.5 cm³/mol. The molecule has 0 aromatic heterocycles. The fourth-order valence-corrected chi connectivity index (χ4v) is 2.31. The zero-order valence-corrected chi connectivity index (χ0v) is 7.78. The average Bonchev–Trinajstić information content (AvgIpc) is 2.31. The lowest BCUT2D eigenvalue weighted by Crippen LogP contribution is -2.36. The quantitative estimate of drug-likeness (QED) is 0.461. The summed E-state index contributed by atoms with van der Waals surface area (Å²) in [4.78, 5) is 27.7. The van der Waals surface area contributed by atoms with E-state index in [0.29, 0.717) is 12.8 Å². The average molecular weight is 209 g/mol. The van der Waals surface area contributed by atoms with Crippen molar-refractivity contribution in [1.82, 2.24) is 5.32 Å². The first-order chi connectivity index (χ1) is 5.88. The van der Waals surface area contributed by atoms with Crippen molar-refractivity contribution in [2.24, 2.45) is 0 Å². The Morgan fingerprint density at radius 1 is 1.46 bits per heavy atom. The van der Waals surface area contributed by atoms with Gasteiger partial charge in [0.05, 0.1) is 6.16 Å². The molecule has 0 saturated carbocycles. The zero-order chi connectivity index (χ0) is 10.1. The van der Waals surface area contributed by atoms with Gasteiger partial charge in [-0.15, -0.1) is 0 Å². The molecule has 6 nitrogen and oxygen atoms in total. The smallest absolute Gasteiger partial charge is 0.327 e. The van der Waals surface area contributed by atoms with Crippen LogP contribution in [0.2, 0.25) is 0 Å². The Labute approximate surface area is 75.1 Å². The van der Waals surface area contributed by atoms with Crippen LogP contribution in [0, 0.1) is 0 Å². The maximum Gasteiger partial charge on any atom is 0.327 e. The second kappa shape index (κ2) is 3.75. The summed E-state index contributed by atoms with van der Waals surface area (Å²) in [6, 6.07) is -1.03. The van der Waals surface area contributed by atoms with Crippen LogP contribution < -0.4 is 5.32 Å². The number of nitrogens with one attached hydrogen (secondary N) is 1. The van der Waals surface area contributed by atoms with Gasteiger partial charge in [0.15, 0.2) is 0 Å². The molecule has 1 heterocycles. The van der Waals surface area contributed by atoms with Gasteiger partial charge in [-0.25, -0.2) is 0 Å². The van der Waals surface area contributed by atoms with Gasteiger partial charge in [0, 0.05) is 6.04 Å². The van der Waals surface area contributed by atoms with Crippen LogP contribution in [0.25, 0.3) is 0 Å². The lowest BCUT2D eigenvalue weighted by Gasteiger charge is -2.12. The molecule has 2 atom stereocenters. The number of carboxylic acids is 1. The monoisotopic (exact) mass is 209 g/mol. The van der Waals surface area contributed by atoms with E-state index in [1.807, 2.05) is 0 Å². The molecular weight excluding hydrogens is 197 g/mol. The molecule has 0 spiro atoms. The summed E-state index contributed by atoms with van der Waals surface area (Å²) in [5, 5.41) is 11.2. The third kappa shape index (κ3) is 3.44. The highest BCUT2D eigenvalue weighted by atomic mass is 31.2. The second-order valence-electron chi connectivity index (χ2n) is 3.18. The van der Waals surface area contributed by atoms with E-state index >= 15 is 0 Å². The standard InChI is InChI=1S/C6H12NO5P/c8-6(9)5-2-1-4(7-5)3-13(10,11)12/h4-5,7H,1-3H2,(H,8,9)(H2,10,11,12)/t4?,5-/m0/s1. The molecule has 0 bridgehead atoms. The molecule has 0 aromatic rings. The van der Waals surface area contributed by atoms with E-state index in [1.54, 1.807) is 0 Å². The molecule has 0 amide bonds. The molecule has 0 aromatic carbocycles. The first-order valence-electron chi connectivity index (χ1n) is 3.92. The number of hydrogen-bond donors (Lipinski definition) is 4. The maximum atomic E-state index is 10.6. The van der Waals surface area contributed by atoms with Gasteiger partial charge in [-0.2, -0.15) is 0 Å². The number of rotatable bonds is 3. The van der Waals surface area contributed by atoms with Gasteiger partial charge in [-0.1, -0.05) is 0 Å². The highest BCUT2D eigenvalue weighted by molar-refractivity contribution is 7.51. The molecule has 1 aliphatic rings. The van der Waals surface area contributed by atoms with E-state index in [1.165, 1.54) is 0 Å².